The van der Waals surface area contributed by atoms with Gasteiger partial charge in [0.15, 0.2) is 0 Å². The molecule has 146 valence electrons. The number of allylic oxidation sites excluding steroid dienone is 1. The average Bonchev–Trinajstić information content (AvgIpc) is 3.23. The van der Waals surface area contributed by atoms with E-state index in [0.717, 1.165) is 6.42 Å². The molecule has 26 heavy (non-hydrogen) atoms. The summed E-state index contributed by atoms with van der Waals surface area (Å²) in [6.45, 7) is 6.93. The lowest BCUT2D eigenvalue weighted by molar-refractivity contribution is -0.198. The highest BCUT2D eigenvalue weighted by Gasteiger charge is 2.68. The summed E-state index contributed by atoms with van der Waals surface area (Å²) in [6, 6.07) is 0. The standard InChI is InChI=1S/C20H30O6/c1-18(2)15(23)6-7-19(3)14(5-4-11-13(22)9-25-17(11)24)20(10-26-20)8-12(21)16(18)19/h4,12-16,21-23H,5-10H2,1-3H3/b11-4+/t12-,13-,14-,15+,16+,19-,20-/m1/s1. The van der Waals surface area contributed by atoms with Gasteiger partial charge in [0.25, 0.3) is 0 Å². The number of aliphatic hydroxyl groups is 3. The second-order valence-electron chi connectivity index (χ2n) is 9.55. The Morgan fingerprint density at radius 1 is 1.23 bits per heavy atom. The lowest BCUT2D eigenvalue weighted by Gasteiger charge is -2.61. The fourth-order valence-electron chi connectivity index (χ4n) is 6.40. The van der Waals surface area contributed by atoms with Gasteiger partial charge in [-0.1, -0.05) is 26.8 Å². The molecule has 2 saturated carbocycles. The molecule has 1 spiro atoms. The predicted molar refractivity (Wildman–Crippen MR) is 93.1 cm³/mol. The summed E-state index contributed by atoms with van der Waals surface area (Å²) in [5.41, 5.74) is -0.614. The highest BCUT2D eigenvalue weighted by molar-refractivity contribution is 5.91. The van der Waals surface area contributed by atoms with E-state index < -0.39 is 24.3 Å². The van der Waals surface area contributed by atoms with Crippen molar-refractivity contribution >= 4 is 5.97 Å². The number of cyclic esters (lactones) is 1. The summed E-state index contributed by atoms with van der Waals surface area (Å²) in [7, 11) is 0. The number of esters is 1. The second-order valence-corrected chi connectivity index (χ2v) is 9.55. The average molecular weight is 366 g/mol. The van der Waals surface area contributed by atoms with Crippen LogP contribution >= 0.6 is 0 Å². The van der Waals surface area contributed by atoms with Crippen molar-refractivity contribution in [2.24, 2.45) is 22.7 Å². The third kappa shape index (κ3) is 2.49. The third-order valence-corrected chi connectivity index (χ3v) is 7.75. The van der Waals surface area contributed by atoms with Crippen LogP contribution in [0.3, 0.4) is 0 Å². The first kappa shape index (κ1) is 18.4. The molecule has 2 heterocycles. The number of hydrogen-bond donors (Lipinski definition) is 3. The number of ether oxygens (including phenoxy) is 2. The zero-order valence-electron chi connectivity index (χ0n) is 15.8. The molecule has 4 rings (SSSR count). The van der Waals surface area contributed by atoms with Gasteiger partial charge in [-0.2, -0.15) is 0 Å². The van der Waals surface area contributed by atoms with Crippen LogP contribution < -0.4 is 0 Å². The largest absolute Gasteiger partial charge is 0.459 e. The Morgan fingerprint density at radius 2 is 1.92 bits per heavy atom. The van der Waals surface area contributed by atoms with Gasteiger partial charge >= 0.3 is 5.97 Å². The molecule has 0 amide bonds. The normalized spacial score (nSPS) is 51.4. The van der Waals surface area contributed by atoms with E-state index in [1.54, 1.807) is 0 Å². The summed E-state index contributed by atoms with van der Waals surface area (Å²) in [6.07, 6.45) is 2.67. The topological polar surface area (TPSA) is 99.5 Å². The van der Waals surface area contributed by atoms with Crippen LogP contribution in [0.1, 0.15) is 46.5 Å². The summed E-state index contributed by atoms with van der Waals surface area (Å²) in [5, 5.41) is 31.5. The molecule has 6 nitrogen and oxygen atoms in total. The van der Waals surface area contributed by atoms with Gasteiger partial charge in [-0.15, -0.1) is 0 Å². The summed E-state index contributed by atoms with van der Waals surface area (Å²) in [4.78, 5) is 11.8. The van der Waals surface area contributed by atoms with Crippen molar-refractivity contribution in [1.29, 1.82) is 0 Å². The van der Waals surface area contributed by atoms with Crippen molar-refractivity contribution in [1.82, 2.24) is 0 Å². The SMILES string of the molecule is CC1(C)[C@@H](O)CC[C@@]2(C)[C@H]1[C@H](O)C[C@@]1(CO1)[C@@H]2C/C=C1/C(=O)OC[C@H]1O. The first-order valence-corrected chi connectivity index (χ1v) is 9.67. The maximum Gasteiger partial charge on any atom is 0.336 e. The third-order valence-electron chi connectivity index (χ3n) is 7.75. The van der Waals surface area contributed by atoms with Crippen LogP contribution in [0, 0.1) is 22.7 Å². The van der Waals surface area contributed by atoms with Gasteiger partial charge in [0, 0.05) is 6.42 Å². The van der Waals surface area contributed by atoms with E-state index in [9.17, 15) is 20.1 Å². The fourth-order valence-corrected chi connectivity index (χ4v) is 6.40. The van der Waals surface area contributed by atoms with E-state index in [4.69, 9.17) is 9.47 Å². The fraction of sp³-hybridized carbons (Fsp3) is 0.850. The Labute approximate surface area is 154 Å². The van der Waals surface area contributed by atoms with Gasteiger partial charge in [0.05, 0.1) is 30.0 Å². The minimum absolute atomic E-state index is 0.0226. The molecule has 0 aromatic rings. The van der Waals surface area contributed by atoms with E-state index in [1.807, 2.05) is 19.9 Å². The van der Waals surface area contributed by atoms with Crippen molar-refractivity contribution in [3.05, 3.63) is 11.6 Å². The number of rotatable bonds is 2. The van der Waals surface area contributed by atoms with E-state index >= 15 is 0 Å². The highest BCUT2D eigenvalue weighted by Crippen LogP contribution is 2.66. The van der Waals surface area contributed by atoms with E-state index in [0.29, 0.717) is 31.4 Å². The molecule has 7 atom stereocenters. The Bertz CT molecular complexity index is 636. The van der Waals surface area contributed by atoms with Gasteiger partial charge in [-0.25, -0.2) is 4.79 Å². The highest BCUT2D eigenvalue weighted by atomic mass is 16.6. The number of epoxide rings is 1. The molecular formula is C20H30O6. The number of fused-ring (bicyclic) bond motifs is 1. The van der Waals surface area contributed by atoms with Crippen LogP contribution in [0.2, 0.25) is 0 Å². The molecule has 3 N–H and O–H groups in total. The minimum Gasteiger partial charge on any atom is -0.459 e. The zero-order chi connectivity index (χ0) is 18.9. The molecule has 4 aliphatic rings. The smallest absolute Gasteiger partial charge is 0.336 e. The molecule has 0 unspecified atom stereocenters. The maximum absolute atomic E-state index is 11.8. The van der Waals surface area contributed by atoms with Crippen molar-refractivity contribution in [3.8, 4) is 0 Å². The van der Waals surface area contributed by atoms with Crippen LogP contribution in [0.25, 0.3) is 0 Å². The number of carbonyl (C=O) groups is 1. The quantitative estimate of drug-likeness (QED) is 0.385. The Kier molecular flexibility index (Phi) is 4.09. The van der Waals surface area contributed by atoms with Crippen LogP contribution in [0.4, 0.5) is 0 Å². The summed E-state index contributed by atoms with van der Waals surface area (Å²) in [5.74, 6) is -0.360. The lowest BCUT2D eigenvalue weighted by atomic mass is 9.44. The molecular weight excluding hydrogens is 336 g/mol. The number of hydrogen-bond acceptors (Lipinski definition) is 6. The molecule has 0 aromatic heterocycles. The first-order chi connectivity index (χ1) is 12.1. The minimum atomic E-state index is -0.860. The van der Waals surface area contributed by atoms with Crippen LogP contribution in [0.5, 0.6) is 0 Å². The van der Waals surface area contributed by atoms with E-state index in [1.165, 1.54) is 0 Å². The summed E-state index contributed by atoms with van der Waals surface area (Å²) < 4.78 is 10.8. The first-order valence-electron chi connectivity index (χ1n) is 9.67. The van der Waals surface area contributed by atoms with Crippen molar-refractivity contribution in [3.63, 3.8) is 0 Å². The molecule has 0 bridgehead atoms. The van der Waals surface area contributed by atoms with Gasteiger partial charge in [0.1, 0.15) is 12.7 Å². The zero-order valence-corrected chi connectivity index (χ0v) is 15.8. The van der Waals surface area contributed by atoms with Gasteiger partial charge in [0.2, 0.25) is 0 Å². The monoisotopic (exact) mass is 366 g/mol. The van der Waals surface area contributed by atoms with Crippen molar-refractivity contribution in [2.45, 2.75) is 70.4 Å². The maximum atomic E-state index is 11.8. The van der Waals surface area contributed by atoms with E-state index in [2.05, 4.69) is 6.92 Å². The summed E-state index contributed by atoms with van der Waals surface area (Å²) >= 11 is 0. The van der Waals surface area contributed by atoms with Crippen LogP contribution in [-0.4, -0.2) is 58.4 Å². The molecule has 0 radical (unpaired) electrons. The molecule has 2 aliphatic heterocycles. The van der Waals surface area contributed by atoms with Gasteiger partial charge < -0.3 is 24.8 Å². The lowest BCUT2D eigenvalue weighted by Crippen LogP contribution is -2.63. The predicted octanol–water partition coefficient (Wildman–Crippen LogP) is 1.17. The van der Waals surface area contributed by atoms with E-state index in [-0.39, 0.29) is 34.9 Å². The Hall–Kier alpha value is -0.950. The Balaban J connectivity index is 1.68. The Morgan fingerprint density at radius 3 is 2.50 bits per heavy atom. The molecule has 2 aliphatic carbocycles. The van der Waals surface area contributed by atoms with Crippen molar-refractivity contribution < 1.29 is 29.6 Å². The second kappa shape index (κ2) is 5.77. The van der Waals surface area contributed by atoms with Crippen LogP contribution in [0.15, 0.2) is 11.6 Å². The van der Waals surface area contributed by atoms with Crippen LogP contribution in [-0.2, 0) is 14.3 Å². The van der Waals surface area contributed by atoms with Crippen molar-refractivity contribution in [2.75, 3.05) is 13.2 Å². The van der Waals surface area contributed by atoms with Gasteiger partial charge in [-0.05, 0) is 41.9 Å². The number of aliphatic hydroxyl groups excluding tert-OH is 3. The number of carbonyl (C=O) groups excluding carboxylic acids is 1. The molecule has 0 aromatic carbocycles. The molecule has 4 fully saturated rings. The van der Waals surface area contributed by atoms with Gasteiger partial charge in [-0.3, -0.25) is 0 Å². The molecule has 6 heteroatoms. The molecule has 2 saturated heterocycles.